The maximum Gasteiger partial charge on any atom is 0.163 e. The lowest BCUT2D eigenvalue weighted by Crippen LogP contribution is -2.13. The normalized spacial score (nSPS) is 12.0. The third-order valence-electron chi connectivity index (χ3n) is 2.38. The molecule has 1 aromatic carbocycles. The van der Waals surface area contributed by atoms with Crippen molar-refractivity contribution in [2.75, 3.05) is 20.8 Å². The molecule has 0 radical (unpaired) electrons. The fraction of sp³-hybridized carbons (Fsp3) is 0.462. The van der Waals surface area contributed by atoms with Gasteiger partial charge in [0.2, 0.25) is 0 Å². The Bertz CT molecular complexity index is 365. The first-order valence-corrected chi connectivity index (χ1v) is 5.47. The van der Waals surface area contributed by atoms with Gasteiger partial charge in [0.1, 0.15) is 17.6 Å². The van der Waals surface area contributed by atoms with Gasteiger partial charge in [-0.05, 0) is 31.5 Å². The van der Waals surface area contributed by atoms with Crippen molar-refractivity contribution in [3.63, 3.8) is 0 Å². The number of hydrogen-bond acceptors (Lipinski definition) is 4. The van der Waals surface area contributed by atoms with E-state index in [0.717, 1.165) is 5.56 Å². The molecule has 1 rings (SSSR count). The third-order valence-corrected chi connectivity index (χ3v) is 2.38. The molecule has 1 atom stereocenters. The summed E-state index contributed by atoms with van der Waals surface area (Å²) in [4.78, 5) is 11.5. The average molecular weight is 238 g/mol. The van der Waals surface area contributed by atoms with E-state index >= 15 is 0 Å². The van der Waals surface area contributed by atoms with Gasteiger partial charge >= 0.3 is 0 Å². The Balaban J connectivity index is 3.12. The molecule has 94 valence electrons. The highest BCUT2D eigenvalue weighted by Gasteiger charge is 2.18. The Hall–Kier alpha value is -1.55. The molecule has 0 spiro atoms. The first-order valence-electron chi connectivity index (χ1n) is 5.47. The van der Waals surface area contributed by atoms with E-state index < -0.39 is 6.10 Å². The lowest BCUT2D eigenvalue weighted by atomic mass is 10.1. The molecule has 0 N–H and O–H groups in total. The second-order valence-electron chi connectivity index (χ2n) is 3.59. The molecule has 0 amide bonds. The van der Waals surface area contributed by atoms with Crippen molar-refractivity contribution in [1.82, 2.24) is 0 Å². The van der Waals surface area contributed by atoms with Crippen LogP contribution < -0.4 is 9.47 Å². The van der Waals surface area contributed by atoms with E-state index in [1.807, 2.05) is 6.92 Å². The molecule has 0 fully saturated rings. The van der Waals surface area contributed by atoms with Crippen LogP contribution >= 0.6 is 0 Å². The van der Waals surface area contributed by atoms with Crippen LogP contribution in [0.2, 0.25) is 0 Å². The van der Waals surface area contributed by atoms with Gasteiger partial charge in [-0.1, -0.05) is 0 Å². The summed E-state index contributed by atoms with van der Waals surface area (Å²) in [7, 11) is 3.14. The van der Waals surface area contributed by atoms with Crippen LogP contribution in [0.1, 0.15) is 25.5 Å². The standard InChI is InChI=1S/C13H18O4/c1-5-17-13(9(2)14)10-6-11(15-3)8-12(7-10)16-4/h6-8,13H,5H2,1-4H3. The Kier molecular flexibility index (Phi) is 4.97. The van der Waals surface area contributed by atoms with E-state index in [2.05, 4.69) is 0 Å². The zero-order chi connectivity index (χ0) is 12.8. The van der Waals surface area contributed by atoms with E-state index in [1.165, 1.54) is 6.92 Å². The Morgan fingerprint density at radius 1 is 1.18 bits per heavy atom. The van der Waals surface area contributed by atoms with Gasteiger partial charge in [0.15, 0.2) is 5.78 Å². The van der Waals surface area contributed by atoms with Crippen LogP contribution in [0.4, 0.5) is 0 Å². The van der Waals surface area contributed by atoms with Crippen molar-refractivity contribution in [2.24, 2.45) is 0 Å². The summed E-state index contributed by atoms with van der Waals surface area (Å²) in [5.41, 5.74) is 0.746. The number of ketones is 1. The number of ether oxygens (including phenoxy) is 3. The van der Waals surface area contributed by atoms with E-state index in [-0.39, 0.29) is 5.78 Å². The molecule has 0 aromatic heterocycles. The van der Waals surface area contributed by atoms with E-state index in [1.54, 1.807) is 32.4 Å². The number of methoxy groups -OCH3 is 2. The van der Waals surface area contributed by atoms with Crippen molar-refractivity contribution in [2.45, 2.75) is 20.0 Å². The minimum atomic E-state index is -0.566. The van der Waals surface area contributed by atoms with Gasteiger partial charge in [-0.3, -0.25) is 4.79 Å². The molecule has 0 saturated carbocycles. The predicted octanol–water partition coefficient (Wildman–Crippen LogP) is 2.37. The first kappa shape index (κ1) is 13.5. The number of Topliss-reactive ketones (excluding diaryl/α,β-unsaturated/α-hetero) is 1. The monoisotopic (exact) mass is 238 g/mol. The van der Waals surface area contributed by atoms with Crippen molar-refractivity contribution < 1.29 is 19.0 Å². The molecule has 1 aromatic rings. The lowest BCUT2D eigenvalue weighted by molar-refractivity contribution is -0.128. The molecule has 0 aliphatic rings. The zero-order valence-corrected chi connectivity index (χ0v) is 10.6. The maximum absolute atomic E-state index is 11.5. The fourth-order valence-corrected chi connectivity index (χ4v) is 1.60. The Labute approximate surface area is 101 Å². The SMILES string of the molecule is CCOC(C(C)=O)c1cc(OC)cc(OC)c1. The second-order valence-corrected chi connectivity index (χ2v) is 3.59. The summed E-state index contributed by atoms with van der Waals surface area (Å²) in [6.07, 6.45) is -0.566. The number of rotatable bonds is 6. The number of carbonyl (C=O) groups excluding carboxylic acids is 1. The Morgan fingerprint density at radius 2 is 1.71 bits per heavy atom. The van der Waals surface area contributed by atoms with Gasteiger partial charge in [0.25, 0.3) is 0 Å². The molecular weight excluding hydrogens is 220 g/mol. The largest absolute Gasteiger partial charge is 0.497 e. The molecule has 0 heterocycles. The molecule has 0 saturated heterocycles. The highest BCUT2D eigenvalue weighted by Crippen LogP contribution is 2.28. The van der Waals surface area contributed by atoms with Crippen LogP contribution in [0.25, 0.3) is 0 Å². The molecular formula is C13H18O4. The quantitative estimate of drug-likeness (QED) is 0.763. The van der Waals surface area contributed by atoms with Crippen molar-refractivity contribution in [3.8, 4) is 11.5 Å². The average Bonchev–Trinajstić information content (AvgIpc) is 2.34. The van der Waals surface area contributed by atoms with Crippen LogP contribution in [-0.4, -0.2) is 26.6 Å². The smallest absolute Gasteiger partial charge is 0.163 e. The molecule has 1 unspecified atom stereocenters. The fourth-order valence-electron chi connectivity index (χ4n) is 1.60. The summed E-state index contributed by atoms with van der Waals surface area (Å²) >= 11 is 0. The van der Waals surface area contributed by atoms with Crippen molar-refractivity contribution >= 4 is 5.78 Å². The van der Waals surface area contributed by atoms with Crippen LogP contribution in [0.15, 0.2) is 18.2 Å². The van der Waals surface area contributed by atoms with Crippen LogP contribution in [-0.2, 0) is 9.53 Å². The maximum atomic E-state index is 11.5. The van der Waals surface area contributed by atoms with Gasteiger partial charge in [0, 0.05) is 12.7 Å². The summed E-state index contributed by atoms with van der Waals surface area (Å²) in [6, 6.07) is 5.32. The molecule has 4 heteroatoms. The van der Waals surface area contributed by atoms with Gasteiger partial charge in [-0.25, -0.2) is 0 Å². The van der Waals surface area contributed by atoms with Crippen molar-refractivity contribution in [3.05, 3.63) is 23.8 Å². The Morgan fingerprint density at radius 3 is 2.06 bits per heavy atom. The van der Waals surface area contributed by atoms with Crippen LogP contribution in [0.3, 0.4) is 0 Å². The van der Waals surface area contributed by atoms with Gasteiger partial charge in [0.05, 0.1) is 14.2 Å². The minimum absolute atomic E-state index is 0.0397. The molecule has 17 heavy (non-hydrogen) atoms. The number of hydrogen-bond donors (Lipinski definition) is 0. The third kappa shape index (κ3) is 3.46. The van der Waals surface area contributed by atoms with E-state index in [4.69, 9.17) is 14.2 Å². The van der Waals surface area contributed by atoms with Gasteiger partial charge in [-0.15, -0.1) is 0 Å². The summed E-state index contributed by atoms with van der Waals surface area (Å²) in [6.45, 7) is 3.84. The topological polar surface area (TPSA) is 44.8 Å². The van der Waals surface area contributed by atoms with Gasteiger partial charge < -0.3 is 14.2 Å². The summed E-state index contributed by atoms with van der Waals surface area (Å²) in [5.74, 6) is 1.25. The molecule has 0 aliphatic heterocycles. The summed E-state index contributed by atoms with van der Waals surface area (Å²) in [5, 5.41) is 0. The molecule has 0 aliphatic carbocycles. The first-order chi connectivity index (χ1) is 8.12. The number of carbonyl (C=O) groups is 1. The molecule has 0 bridgehead atoms. The second kappa shape index (κ2) is 6.25. The number of benzene rings is 1. The van der Waals surface area contributed by atoms with Crippen LogP contribution in [0, 0.1) is 0 Å². The predicted molar refractivity (Wildman–Crippen MR) is 64.6 cm³/mol. The van der Waals surface area contributed by atoms with E-state index in [9.17, 15) is 4.79 Å². The van der Waals surface area contributed by atoms with Crippen molar-refractivity contribution in [1.29, 1.82) is 0 Å². The van der Waals surface area contributed by atoms with Gasteiger partial charge in [-0.2, -0.15) is 0 Å². The molecule has 4 nitrogen and oxygen atoms in total. The highest BCUT2D eigenvalue weighted by atomic mass is 16.5. The lowest BCUT2D eigenvalue weighted by Gasteiger charge is -2.16. The summed E-state index contributed by atoms with van der Waals surface area (Å²) < 4.78 is 15.7. The van der Waals surface area contributed by atoms with Crippen LogP contribution in [0.5, 0.6) is 11.5 Å². The zero-order valence-electron chi connectivity index (χ0n) is 10.6. The highest BCUT2D eigenvalue weighted by molar-refractivity contribution is 5.82. The van der Waals surface area contributed by atoms with E-state index in [0.29, 0.717) is 18.1 Å². The minimum Gasteiger partial charge on any atom is -0.497 e.